The molecule has 30 heavy (non-hydrogen) atoms. The molecule has 1 atom stereocenters. The Morgan fingerprint density at radius 2 is 2.07 bits per heavy atom. The van der Waals surface area contributed by atoms with Crippen LogP contribution in [-0.2, 0) is 23.9 Å². The molecular formula is C20H21N3O6S. The summed E-state index contributed by atoms with van der Waals surface area (Å²) in [4.78, 5) is 41.4. The van der Waals surface area contributed by atoms with Crippen LogP contribution in [0.15, 0.2) is 23.0 Å². The van der Waals surface area contributed by atoms with E-state index < -0.39 is 27.6 Å². The molecule has 0 spiro atoms. The van der Waals surface area contributed by atoms with Crippen molar-refractivity contribution >= 4 is 32.8 Å². The van der Waals surface area contributed by atoms with Gasteiger partial charge in [-0.3, -0.25) is 28.5 Å². The Hall–Kier alpha value is -3.03. The highest BCUT2D eigenvalue weighted by atomic mass is 32.2. The van der Waals surface area contributed by atoms with E-state index in [2.05, 4.69) is 26.3 Å². The lowest BCUT2D eigenvalue weighted by atomic mass is 10.0. The summed E-state index contributed by atoms with van der Waals surface area (Å²) < 4.78 is 27.9. The highest BCUT2D eigenvalue weighted by Crippen LogP contribution is 2.21. The second-order valence-electron chi connectivity index (χ2n) is 6.93. The lowest BCUT2D eigenvalue weighted by molar-refractivity contribution is -0.135. The topological polar surface area (TPSA) is 124 Å². The number of amides is 2. The van der Waals surface area contributed by atoms with E-state index in [1.807, 2.05) is 0 Å². The largest absolute Gasteiger partial charge is 0.295 e. The maximum absolute atomic E-state index is 13.2. The zero-order valence-electron chi connectivity index (χ0n) is 16.6. The lowest BCUT2D eigenvalue weighted by Gasteiger charge is -2.24. The number of hydrogen-bond donors (Lipinski definition) is 1. The minimum atomic E-state index is -3.48. The molecule has 0 radical (unpaired) electrons. The number of hydrogen-bond acceptors (Lipinski definition) is 7. The van der Waals surface area contributed by atoms with Gasteiger partial charge in [0.15, 0.2) is 0 Å². The average molecular weight is 431 g/mol. The van der Waals surface area contributed by atoms with E-state index in [0.717, 1.165) is 6.26 Å². The summed E-state index contributed by atoms with van der Waals surface area (Å²) in [7, 11) is -3.48. The number of carbonyl (C=O) groups excluding carboxylic acids is 2. The zero-order valence-corrected chi connectivity index (χ0v) is 17.4. The number of benzene rings is 1. The number of aromatic nitrogens is 2. The number of fused-ring (bicyclic) bond motifs is 1. The number of nitrogens with zero attached hydrogens (tertiary/aromatic N) is 2. The summed E-state index contributed by atoms with van der Waals surface area (Å²) in [6, 6.07) is 4.32. The molecular weight excluding hydrogens is 410 g/mol. The van der Waals surface area contributed by atoms with Crippen molar-refractivity contribution in [2.24, 2.45) is 0 Å². The molecule has 2 heterocycles. The van der Waals surface area contributed by atoms with Crippen LogP contribution in [0, 0.1) is 18.8 Å². The number of unbranched alkanes of at least 4 members (excludes halogenated alkanes) is 1. The molecule has 1 aliphatic rings. The van der Waals surface area contributed by atoms with Gasteiger partial charge in [0, 0.05) is 18.4 Å². The second kappa shape index (κ2) is 8.77. The van der Waals surface area contributed by atoms with E-state index in [4.69, 9.17) is 0 Å². The van der Waals surface area contributed by atoms with Crippen molar-refractivity contribution in [3.05, 3.63) is 39.9 Å². The monoisotopic (exact) mass is 431 g/mol. The molecule has 158 valence electrons. The molecule has 0 aliphatic carbocycles. The number of piperidine rings is 1. The van der Waals surface area contributed by atoms with E-state index in [1.54, 1.807) is 25.1 Å². The minimum Gasteiger partial charge on any atom is -0.295 e. The van der Waals surface area contributed by atoms with Gasteiger partial charge in [-0.25, -0.2) is 4.98 Å². The predicted octanol–water partition coefficient (Wildman–Crippen LogP) is 0.791. The molecule has 0 bridgehead atoms. The van der Waals surface area contributed by atoms with Gasteiger partial charge in [-0.15, -0.1) is 0 Å². The van der Waals surface area contributed by atoms with Gasteiger partial charge < -0.3 is 0 Å². The number of aryl methyl sites for hydroxylation is 1. The standard InChI is InChI=1S/C20H21N3O6S/c1-13-21-15-9-6-8-14(7-4-3-5-12-29-30(2,27)28)18(15)20(26)23(13)16-10-11-17(24)22-19(16)25/h6,8-9,16H,3,5,10-12H2,1-2H3,(H,22,24,25). The molecule has 1 aromatic carbocycles. The van der Waals surface area contributed by atoms with Crippen molar-refractivity contribution < 1.29 is 22.2 Å². The van der Waals surface area contributed by atoms with Crippen molar-refractivity contribution in [3.8, 4) is 11.8 Å². The quantitative estimate of drug-likeness (QED) is 0.321. The molecule has 2 aromatic rings. The van der Waals surface area contributed by atoms with Crippen molar-refractivity contribution in [1.29, 1.82) is 0 Å². The Morgan fingerprint density at radius 3 is 2.77 bits per heavy atom. The SMILES string of the molecule is Cc1nc2cccc(C#CCCCOS(C)(=O)=O)c2c(=O)n1C1CCC(=O)NC1=O. The third kappa shape index (κ3) is 4.93. The molecule has 1 aromatic heterocycles. The molecule has 2 amide bonds. The van der Waals surface area contributed by atoms with Gasteiger partial charge in [0.1, 0.15) is 11.9 Å². The summed E-state index contributed by atoms with van der Waals surface area (Å²) in [5.74, 6) is 5.34. The highest BCUT2D eigenvalue weighted by molar-refractivity contribution is 7.85. The number of rotatable bonds is 5. The fourth-order valence-electron chi connectivity index (χ4n) is 3.28. The van der Waals surface area contributed by atoms with Gasteiger partial charge in [0.25, 0.3) is 15.7 Å². The maximum Gasteiger partial charge on any atom is 0.264 e. The fourth-order valence-corrected chi connectivity index (χ4v) is 3.70. The predicted molar refractivity (Wildman–Crippen MR) is 109 cm³/mol. The normalized spacial score (nSPS) is 16.8. The number of carbonyl (C=O) groups is 2. The maximum atomic E-state index is 13.2. The number of nitrogens with one attached hydrogen (secondary N) is 1. The molecule has 1 N–H and O–H groups in total. The van der Waals surface area contributed by atoms with Gasteiger partial charge >= 0.3 is 0 Å². The van der Waals surface area contributed by atoms with Crippen molar-refractivity contribution in [1.82, 2.24) is 14.9 Å². The minimum absolute atomic E-state index is 0.0338. The van der Waals surface area contributed by atoms with Crippen LogP contribution in [0.3, 0.4) is 0 Å². The van der Waals surface area contributed by atoms with Crippen molar-refractivity contribution in [3.63, 3.8) is 0 Å². The Balaban J connectivity index is 1.92. The first-order chi connectivity index (χ1) is 14.2. The third-order valence-electron chi connectivity index (χ3n) is 4.59. The Morgan fingerprint density at radius 1 is 1.30 bits per heavy atom. The zero-order chi connectivity index (χ0) is 21.9. The van der Waals surface area contributed by atoms with Crippen LogP contribution < -0.4 is 10.9 Å². The summed E-state index contributed by atoms with van der Waals surface area (Å²) in [6.45, 7) is 1.68. The van der Waals surface area contributed by atoms with E-state index in [9.17, 15) is 22.8 Å². The van der Waals surface area contributed by atoms with Crippen molar-refractivity contribution in [2.45, 2.75) is 38.6 Å². The summed E-state index contributed by atoms with van der Waals surface area (Å²) >= 11 is 0. The summed E-state index contributed by atoms with van der Waals surface area (Å²) in [5.41, 5.74) is 0.542. The summed E-state index contributed by atoms with van der Waals surface area (Å²) in [5, 5.41) is 2.56. The molecule has 3 rings (SSSR count). The van der Waals surface area contributed by atoms with Gasteiger partial charge in [-0.1, -0.05) is 17.9 Å². The summed E-state index contributed by atoms with van der Waals surface area (Å²) in [6.07, 6.45) is 2.16. The van der Waals surface area contributed by atoms with E-state index in [1.165, 1.54) is 4.57 Å². The van der Waals surface area contributed by atoms with Gasteiger partial charge in [0.2, 0.25) is 11.8 Å². The molecule has 1 saturated heterocycles. The third-order valence-corrected chi connectivity index (χ3v) is 5.19. The smallest absolute Gasteiger partial charge is 0.264 e. The van der Waals surface area contributed by atoms with E-state index in [-0.39, 0.29) is 25.4 Å². The second-order valence-corrected chi connectivity index (χ2v) is 8.58. The first-order valence-electron chi connectivity index (χ1n) is 9.36. The van der Waals surface area contributed by atoms with Gasteiger partial charge in [-0.2, -0.15) is 8.42 Å². The van der Waals surface area contributed by atoms with Crippen LogP contribution in [0.25, 0.3) is 10.9 Å². The Kier molecular flexibility index (Phi) is 6.34. The molecule has 9 nitrogen and oxygen atoms in total. The first kappa shape index (κ1) is 21.7. The molecule has 0 saturated carbocycles. The molecule has 1 unspecified atom stereocenters. The highest BCUT2D eigenvalue weighted by Gasteiger charge is 2.30. The average Bonchev–Trinajstić information content (AvgIpc) is 2.65. The molecule has 1 aliphatic heterocycles. The van der Waals surface area contributed by atoms with Crippen LogP contribution in [0.4, 0.5) is 0 Å². The first-order valence-corrected chi connectivity index (χ1v) is 11.2. The van der Waals surface area contributed by atoms with Crippen molar-refractivity contribution in [2.75, 3.05) is 12.9 Å². The van der Waals surface area contributed by atoms with Crippen LogP contribution in [-0.4, -0.2) is 42.6 Å². The van der Waals surface area contributed by atoms with Crippen LogP contribution in [0.5, 0.6) is 0 Å². The lowest BCUT2D eigenvalue weighted by Crippen LogP contribution is -2.45. The van der Waals surface area contributed by atoms with E-state index in [0.29, 0.717) is 35.1 Å². The Bertz CT molecular complexity index is 1240. The van der Waals surface area contributed by atoms with Gasteiger partial charge in [-0.05, 0) is 31.9 Å². The van der Waals surface area contributed by atoms with Crippen LogP contribution >= 0.6 is 0 Å². The van der Waals surface area contributed by atoms with Crippen LogP contribution in [0.2, 0.25) is 0 Å². The number of imide groups is 1. The molecule has 10 heteroatoms. The van der Waals surface area contributed by atoms with E-state index >= 15 is 0 Å². The fraction of sp³-hybridized carbons (Fsp3) is 0.400. The Labute approximate surface area is 173 Å². The molecule has 1 fully saturated rings. The van der Waals surface area contributed by atoms with Crippen LogP contribution in [0.1, 0.15) is 43.1 Å². The van der Waals surface area contributed by atoms with Gasteiger partial charge in [0.05, 0.1) is 23.8 Å².